The summed E-state index contributed by atoms with van der Waals surface area (Å²) in [7, 11) is 1.72. The first kappa shape index (κ1) is 21.6. The summed E-state index contributed by atoms with van der Waals surface area (Å²) in [6, 6.07) is 24.0. The number of benzene rings is 3. The monoisotopic (exact) mass is 423 g/mol. The van der Waals surface area contributed by atoms with Gasteiger partial charge in [-0.1, -0.05) is 42.5 Å². The maximum absolute atomic E-state index is 13.6. The van der Waals surface area contributed by atoms with Gasteiger partial charge in [0.05, 0.1) is 40.2 Å². The molecule has 1 unspecified atom stereocenters. The van der Waals surface area contributed by atoms with Gasteiger partial charge in [0.15, 0.2) is 0 Å². The highest BCUT2D eigenvalue weighted by Crippen LogP contribution is 2.31. The molecule has 156 valence electrons. The topological polar surface area (TPSA) is 64.6 Å². The van der Waals surface area contributed by atoms with Crippen LogP contribution in [-0.4, -0.2) is 30.9 Å². The number of ether oxygens (including phenoxy) is 2. The third kappa shape index (κ3) is 5.27. The van der Waals surface area contributed by atoms with E-state index in [9.17, 15) is 9.00 Å². The number of carbonyl (C=O) groups is 1. The fourth-order valence-corrected chi connectivity index (χ4v) is 4.75. The Morgan fingerprint density at radius 1 is 0.933 bits per heavy atom. The molecule has 1 N–H and O–H groups in total. The molecule has 5 nitrogen and oxygen atoms in total. The average Bonchev–Trinajstić information content (AvgIpc) is 2.82. The van der Waals surface area contributed by atoms with Gasteiger partial charge in [0.1, 0.15) is 11.5 Å². The largest absolute Gasteiger partial charge is 0.497 e. The van der Waals surface area contributed by atoms with Crippen LogP contribution in [0, 0.1) is 0 Å². The first-order valence-electron chi connectivity index (χ1n) is 9.67. The van der Waals surface area contributed by atoms with Crippen molar-refractivity contribution in [1.82, 2.24) is 5.32 Å². The van der Waals surface area contributed by atoms with Crippen molar-refractivity contribution in [1.29, 1.82) is 0 Å². The van der Waals surface area contributed by atoms with Crippen LogP contribution in [0.1, 0.15) is 27.6 Å². The van der Waals surface area contributed by atoms with E-state index in [0.717, 1.165) is 17.1 Å². The molecule has 3 rings (SSSR count). The van der Waals surface area contributed by atoms with E-state index < -0.39 is 10.8 Å². The van der Waals surface area contributed by atoms with E-state index in [4.69, 9.17) is 9.47 Å². The highest BCUT2D eigenvalue weighted by molar-refractivity contribution is 7.85. The minimum atomic E-state index is -1.45. The lowest BCUT2D eigenvalue weighted by atomic mass is 10.1. The molecule has 0 saturated heterocycles. The molecule has 0 aliphatic heterocycles. The van der Waals surface area contributed by atoms with Crippen LogP contribution in [-0.2, 0) is 10.8 Å². The molecule has 2 atom stereocenters. The number of amides is 1. The minimum absolute atomic E-state index is 0.257. The van der Waals surface area contributed by atoms with Crippen LogP contribution in [0.15, 0.2) is 83.8 Å². The van der Waals surface area contributed by atoms with Crippen molar-refractivity contribution in [2.24, 2.45) is 0 Å². The molecule has 1 amide bonds. The van der Waals surface area contributed by atoms with Gasteiger partial charge in [0.2, 0.25) is 0 Å². The summed E-state index contributed by atoms with van der Waals surface area (Å²) in [5.74, 6) is 1.24. The van der Waals surface area contributed by atoms with E-state index in [1.54, 1.807) is 38.4 Å². The summed E-state index contributed by atoms with van der Waals surface area (Å²) in [5.41, 5.74) is 1.32. The van der Waals surface area contributed by atoms with Gasteiger partial charge in [-0.25, -0.2) is 0 Å². The van der Waals surface area contributed by atoms with Crippen molar-refractivity contribution < 1.29 is 18.5 Å². The van der Waals surface area contributed by atoms with E-state index >= 15 is 0 Å². The Bertz CT molecular complexity index is 990. The lowest BCUT2D eigenvalue weighted by Gasteiger charge is -2.19. The summed E-state index contributed by atoms with van der Waals surface area (Å²) in [6.45, 7) is 0.397. The van der Waals surface area contributed by atoms with Gasteiger partial charge in [-0.2, -0.15) is 0 Å². The van der Waals surface area contributed by atoms with Gasteiger partial charge in [-0.05, 0) is 42.0 Å². The van der Waals surface area contributed by atoms with Crippen LogP contribution in [0.2, 0.25) is 0 Å². The van der Waals surface area contributed by atoms with Crippen LogP contribution >= 0.6 is 0 Å². The van der Waals surface area contributed by atoms with Crippen molar-refractivity contribution in [2.45, 2.75) is 16.6 Å². The number of hydrogen-bond acceptors (Lipinski definition) is 4. The van der Waals surface area contributed by atoms with Gasteiger partial charge in [-0.3, -0.25) is 9.00 Å². The summed E-state index contributed by atoms with van der Waals surface area (Å²) < 4.78 is 24.7. The van der Waals surface area contributed by atoms with Crippen LogP contribution in [0.5, 0.6) is 11.5 Å². The SMILES string of the molecule is CNC(=O)c1ccccc1S(=O)[C@H](CCOc1ccccc1)c1ccc(OC)cc1. The standard InChI is InChI=1S/C24H25NO4S/c1-25-24(26)21-10-6-7-11-23(21)30(27)22(18-12-14-19(28-2)15-13-18)16-17-29-20-8-4-3-5-9-20/h3-15,22H,16-17H2,1-2H3,(H,25,26)/t22-,30?/m1/s1. The zero-order chi connectivity index (χ0) is 21.3. The van der Waals surface area contributed by atoms with Gasteiger partial charge in [-0.15, -0.1) is 0 Å². The van der Waals surface area contributed by atoms with Crippen molar-refractivity contribution in [3.8, 4) is 11.5 Å². The molecule has 3 aromatic rings. The highest BCUT2D eigenvalue weighted by atomic mass is 32.2. The molecular formula is C24H25NO4S. The lowest BCUT2D eigenvalue weighted by molar-refractivity contribution is 0.0960. The number of rotatable bonds is 9. The first-order valence-corrected chi connectivity index (χ1v) is 10.9. The molecule has 0 bridgehead atoms. The van der Waals surface area contributed by atoms with Crippen LogP contribution in [0.25, 0.3) is 0 Å². The van der Waals surface area contributed by atoms with Crippen LogP contribution < -0.4 is 14.8 Å². The van der Waals surface area contributed by atoms with Gasteiger partial charge in [0.25, 0.3) is 5.91 Å². The fraction of sp³-hybridized carbons (Fsp3) is 0.208. The highest BCUT2D eigenvalue weighted by Gasteiger charge is 2.24. The molecule has 0 heterocycles. The minimum Gasteiger partial charge on any atom is -0.497 e. The van der Waals surface area contributed by atoms with Crippen molar-refractivity contribution in [2.75, 3.05) is 20.8 Å². The number of methoxy groups -OCH3 is 1. The summed E-state index contributed by atoms with van der Waals surface area (Å²) in [5, 5.41) is 2.28. The van der Waals surface area contributed by atoms with Gasteiger partial charge in [0, 0.05) is 13.5 Å². The summed E-state index contributed by atoms with van der Waals surface area (Å²) in [6.07, 6.45) is 0.524. The summed E-state index contributed by atoms with van der Waals surface area (Å²) >= 11 is 0. The zero-order valence-electron chi connectivity index (χ0n) is 17.0. The smallest absolute Gasteiger partial charge is 0.252 e. The molecular weight excluding hydrogens is 398 g/mol. The first-order chi connectivity index (χ1) is 14.6. The Labute approximate surface area is 179 Å². The third-order valence-electron chi connectivity index (χ3n) is 4.71. The molecule has 6 heteroatoms. The second-order valence-corrected chi connectivity index (χ2v) is 8.19. The van der Waals surface area contributed by atoms with Crippen LogP contribution in [0.3, 0.4) is 0 Å². The Kier molecular flexibility index (Phi) is 7.63. The second kappa shape index (κ2) is 10.6. The molecule has 0 spiro atoms. The third-order valence-corrected chi connectivity index (χ3v) is 6.53. The fourth-order valence-electron chi connectivity index (χ4n) is 3.13. The zero-order valence-corrected chi connectivity index (χ0v) is 17.9. The molecule has 30 heavy (non-hydrogen) atoms. The molecule has 3 aromatic carbocycles. The average molecular weight is 424 g/mol. The van der Waals surface area contributed by atoms with Crippen molar-refractivity contribution in [3.63, 3.8) is 0 Å². The Hall–Kier alpha value is -3.12. The quantitative estimate of drug-likeness (QED) is 0.555. The maximum Gasteiger partial charge on any atom is 0.252 e. The summed E-state index contributed by atoms with van der Waals surface area (Å²) in [4.78, 5) is 12.8. The molecule has 0 saturated carbocycles. The van der Waals surface area contributed by atoms with Crippen molar-refractivity contribution in [3.05, 3.63) is 90.0 Å². The van der Waals surface area contributed by atoms with E-state index in [-0.39, 0.29) is 11.2 Å². The second-order valence-electron chi connectivity index (χ2n) is 6.58. The molecule has 0 aromatic heterocycles. The van der Waals surface area contributed by atoms with Crippen LogP contribution in [0.4, 0.5) is 0 Å². The molecule has 0 aliphatic carbocycles. The Morgan fingerprint density at radius 3 is 2.27 bits per heavy atom. The Morgan fingerprint density at radius 2 is 1.60 bits per heavy atom. The lowest BCUT2D eigenvalue weighted by Crippen LogP contribution is -2.21. The predicted molar refractivity (Wildman–Crippen MR) is 119 cm³/mol. The molecule has 0 fully saturated rings. The van der Waals surface area contributed by atoms with E-state index in [2.05, 4.69) is 5.32 Å². The van der Waals surface area contributed by atoms with Gasteiger partial charge < -0.3 is 14.8 Å². The van der Waals surface area contributed by atoms with E-state index in [1.807, 2.05) is 54.6 Å². The Balaban J connectivity index is 1.88. The van der Waals surface area contributed by atoms with Gasteiger partial charge >= 0.3 is 0 Å². The molecule has 0 aliphatic rings. The number of carbonyl (C=O) groups excluding carboxylic acids is 1. The number of para-hydroxylation sites is 1. The normalized spacial score (nSPS) is 12.6. The van der Waals surface area contributed by atoms with Crippen molar-refractivity contribution >= 4 is 16.7 Å². The maximum atomic E-state index is 13.6. The van der Waals surface area contributed by atoms with E-state index in [1.165, 1.54) is 0 Å². The predicted octanol–water partition coefficient (Wildman–Crippen LogP) is 4.37. The number of hydrogen-bond donors (Lipinski definition) is 1. The van der Waals surface area contributed by atoms with E-state index in [0.29, 0.717) is 23.5 Å². The molecule has 0 radical (unpaired) electrons. The number of nitrogens with one attached hydrogen (secondary N) is 1.